The van der Waals surface area contributed by atoms with Crippen molar-refractivity contribution < 1.29 is 8.42 Å². The van der Waals surface area contributed by atoms with Crippen molar-refractivity contribution >= 4 is 50.1 Å². The number of nitrogens with zero attached hydrogens (tertiary/aromatic N) is 2. The van der Waals surface area contributed by atoms with Crippen LogP contribution in [0.3, 0.4) is 0 Å². The fourth-order valence-electron chi connectivity index (χ4n) is 3.09. The average molecular weight is 458 g/mol. The predicted octanol–water partition coefficient (Wildman–Crippen LogP) is 3.74. The molecule has 3 rings (SSSR count). The number of hydrogen-bond acceptors (Lipinski definition) is 4. The Kier molecular flexibility index (Phi) is 7.53. The molecule has 0 radical (unpaired) electrons. The normalized spacial score (nSPS) is 12.4. The van der Waals surface area contributed by atoms with Gasteiger partial charge in [-0.1, -0.05) is 110 Å². The van der Waals surface area contributed by atoms with Crippen LogP contribution in [-0.4, -0.2) is 26.4 Å². The lowest BCUT2D eigenvalue weighted by molar-refractivity contribution is 0.595. The molecule has 0 atom stereocenters. The van der Waals surface area contributed by atoms with Gasteiger partial charge in [0.1, 0.15) is 0 Å². The van der Waals surface area contributed by atoms with Crippen molar-refractivity contribution in [3.05, 3.63) is 91.0 Å². The van der Waals surface area contributed by atoms with Gasteiger partial charge in [-0.05, 0) is 5.75 Å². The van der Waals surface area contributed by atoms with Crippen LogP contribution in [0.1, 0.15) is 6.92 Å². The van der Waals surface area contributed by atoms with Crippen molar-refractivity contribution in [1.29, 1.82) is 0 Å². The first-order valence-electron chi connectivity index (χ1n) is 9.44. The maximum atomic E-state index is 13.3. The van der Waals surface area contributed by atoms with E-state index in [2.05, 4.69) is 13.9 Å². The molecule has 8 heteroatoms. The summed E-state index contributed by atoms with van der Waals surface area (Å²) >= 11 is 1.33. The van der Waals surface area contributed by atoms with E-state index in [0.29, 0.717) is 10.9 Å². The van der Waals surface area contributed by atoms with Crippen LogP contribution >= 0.6 is 18.8 Å². The highest BCUT2D eigenvalue weighted by Crippen LogP contribution is 2.47. The lowest BCUT2D eigenvalue weighted by Crippen LogP contribution is -2.31. The Morgan fingerprint density at radius 3 is 1.57 bits per heavy atom. The molecule has 0 unspecified atom stereocenters. The molecule has 3 aromatic carbocycles. The molecule has 0 aliphatic rings. The molecule has 30 heavy (non-hydrogen) atoms. The Morgan fingerprint density at radius 2 is 1.23 bits per heavy atom. The summed E-state index contributed by atoms with van der Waals surface area (Å²) in [6.45, 7) is 1.94. The molecule has 0 saturated heterocycles. The first-order chi connectivity index (χ1) is 14.5. The van der Waals surface area contributed by atoms with Gasteiger partial charge in [0.05, 0.1) is 7.05 Å². The third kappa shape index (κ3) is 5.04. The number of nitrogens with one attached hydrogen (secondary N) is 1. The molecule has 0 aromatic heterocycles. The van der Waals surface area contributed by atoms with Gasteiger partial charge in [0, 0.05) is 23.0 Å². The van der Waals surface area contributed by atoms with E-state index in [1.165, 1.54) is 11.8 Å². The summed E-state index contributed by atoms with van der Waals surface area (Å²) in [6.07, 6.45) is 0. The van der Waals surface area contributed by atoms with Crippen molar-refractivity contribution in [3.8, 4) is 0 Å². The van der Waals surface area contributed by atoms with E-state index < -0.39 is 17.3 Å². The maximum absolute atomic E-state index is 13.3. The Bertz CT molecular complexity index is 1050. The zero-order valence-electron chi connectivity index (χ0n) is 16.8. The second-order valence-corrected chi connectivity index (χ2v) is 12.1. The number of hydrogen-bond donors (Lipinski definition) is 1. The first kappa shape index (κ1) is 22.3. The summed E-state index contributed by atoms with van der Waals surface area (Å²) in [5.74, 6) is 0.700. The van der Waals surface area contributed by atoms with Crippen LogP contribution in [0.25, 0.3) is 0 Å². The van der Waals surface area contributed by atoms with E-state index in [4.69, 9.17) is 0 Å². The molecule has 0 aliphatic heterocycles. The zero-order chi connectivity index (χ0) is 21.5. The largest absolute Gasteiger partial charge is 0.343 e. The van der Waals surface area contributed by atoms with Gasteiger partial charge in [0.2, 0.25) is 0 Å². The molecule has 0 spiro atoms. The molecule has 1 N–H and O–H groups in total. The van der Waals surface area contributed by atoms with Gasteiger partial charge in [0.25, 0.3) is 0 Å². The molecule has 5 nitrogen and oxygen atoms in total. The molecule has 0 fully saturated rings. The number of thioether (sulfide) groups is 1. The van der Waals surface area contributed by atoms with E-state index in [0.717, 1.165) is 15.9 Å². The molecule has 0 heterocycles. The molecule has 0 bridgehead atoms. The maximum Gasteiger partial charge on any atom is 0.343 e. The van der Waals surface area contributed by atoms with Gasteiger partial charge in [-0.15, -0.1) is 0 Å². The monoisotopic (exact) mass is 457 g/mol. The van der Waals surface area contributed by atoms with Gasteiger partial charge >= 0.3 is 10.2 Å². The van der Waals surface area contributed by atoms with Crippen molar-refractivity contribution in [2.24, 2.45) is 9.14 Å². The molecule has 156 valence electrons. The summed E-state index contributed by atoms with van der Waals surface area (Å²) in [7, 11) is -5.33. The minimum Gasteiger partial charge on any atom is -0.265 e. The average Bonchev–Trinajstić information content (AvgIpc) is 2.79. The third-order valence-electron chi connectivity index (χ3n) is 4.32. The highest BCUT2D eigenvalue weighted by Gasteiger charge is 2.30. The Balaban J connectivity index is 2.36. The summed E-state index contributed by atoms with van der Waals surface area (Å²) in [5.41, 5.74) is 0. The van der Waals surface area contributed by atoms with Gasteiger partial charge in [-0.3, -0.25) is 4.99 Å². The smallest absolute Gasteiger partial charge is 0.265 e. The van der Waals surface area contributed by atoms with Gasteiger partial charge in [-0.25, -0.2) is 4.72 Å². The second-order valence-electron chi connectivity index (χ2n) is 6.26. The Morgan fingerprint density at radius 1 is 0.833 bits per heavy atom. The summed E-state index contributed by atoms with van der Waals surface area (Å²) in [6, 6.07) is 28.9. The lowest BCUT2D eigenvalue weighted by Gasteiger charge is -2.26. The molecular formula is C22H24N3O2PS2. The highest BCUT2D eigenvalue weighted by molar-refractivity contribution is 8.15. The van der Waals surface area contributed by atoms with Crippen LogP contribution in [0, 0.1) is 0 Å². The topological polar surface area (TPSA) is 70.9 Å². The number of benzene rings is 3. The van der Waals surface area contributed by atoms with Crippen molar-refractivity contribution in [3.63, 3.8) is 0 Å². The van der Waals surface area contributed by atoms with Crippen LogP contribution in [0.15, 0.2) is 100 Å². The highest BCUT2D eigenvalue weighted by atomic mass is 32.2. The third-order valence-corrected chi connectivity index (χ3v) is 10.7. The first-order valence-corrected chi connectivity index (χ1v) is 13.6. The fourth-order valence-corrected chi connectivity index (χ4v) is 9.64. The molecule has 3 aromatic rings. The summed E-state index contributed by atoms with van der Waals surface area (Å²) in [5, 5.41) is 2.93. The van der Waals surface area contributed by atoms with Crippen molar-refractivity contribution in [2.45, 2.75) is 6.92 Å². The number of rotatable bonds is 6. The van der Waals surface area contributed by atoms with Gasteiger partial charge in [-0.2, -0.15) is 12.6 Å². The predicted molar refractivity (Wildman–Crippen MR) is 131 cm³/mol. The minimum atomic E-state index is -4.04. The SMILES string of the molecule is CCSC(=NC)NS(=O)(=O)N=P(c1ccccc1)(c1ccccc1)c1ccccc1. The van der Waals surface area contributed by atoms with E-state index in [1.807, 2.05) is 97.9 Å². The Hall–Kier alpha value is -2.34. The quantitative estimate of drug-likeness (QED) is 0.348. The van der Waals surface area contributed by atoms with Crippen LogP contribution in [0.5, 0.6) is 0 Å². The Labute approximate surface area is 182 Å². The van der Waals surface area contributed by atoms with E-state index in [9.17, 15) is 8.42 Å². The standard InChI is InChI=1S/C22H24N3O2PS2/c1-3-29-22(23-2)24-30(26,27)25-28(19-13-7-4-8-14-19,20-15-9-5-10-16-20)21-17-11-6-12-18-21/h4-18H,3H2,1-2H3,(H,23,24). The van der Waals surface area contributed by atoms with Gasteiger partial charge in [0.15, 0.2) is 5.17 Å². The van der Waals surface area contributed by atoms with Crippen molar-refractivity contribution in [2.75, 3.05) is 12.8 Å². The molecule has 0 amide bonds. The van der Waals surface area contributed by atoms with Crippen LogP contribution in [0.2, 0.25) is 0 Å². The second kappa shape index (κ2) is 10.1. The molecule has 0 aliphatic carbocycles. The fraction of sp³-hybridized carbons (Fsp3) is 0.136. The minimum absolute atomic E-state index is 0.327. The van der Waals surface area contributed by atoms with E-state index in [1.54, 1.807) is 7.05 Å². The van der Waals surface area contributed by atoms with Gasteiger partial charge < -0.3 is 0 Å². The van der Waals surface area contributed by atoms with Crippen molar-refractivity contribution in [1.82, 2.24) is 4.72 Å². The summed E-state index contributed by atoms with van der Waals surface area (Å²) in [4.78, 5) is 4.05. The van der Waals surface area contributed by atoms with Crippen LogP contribution < -0.4 is 20.6 Å². The number of amidine groups is 1. The number of aliphatic imine (C=N–C) groups is 1. The lowest BCUT2D eigenvalue weighted by atomic mass is 10.4. The van der Waals surface area contributed by atoms with E-state index in [-0.39, 0.29) is 0 Å². The summed E-state index contributed by atoms with van der Waals surface area (Å²) < 4.78 is 33.7. The van der Waals surface area contributed by atoms with Crippen LogP contribution in [0.4, 0.5) is 0 Å². The van der Waals surface area contributed by atoms with E-state index >= 15 is 0 Å². The zero-order valence-corrected chi connectivity index (χ0v) is 19.4. The van der Waals surface area contributed by atoms with Crippen LogP contribution in [-0.2, 0) is 10.2 Å². The molecule has 0 saturated carbocycles. The molecular weight excluding hydrogens is 433 g/mol.